The zero-order chi connectivity index (χ0) is 30.3. The van der Waals surface area contributed by atoms with Crippen LogP contribution in [0.3, 0.4) is 0 Å². The lowest BCUT2D eigenvalue weighted by atomic mass is 10.00. The summed E-state index contributed by atoms with van der Waals surface area (Å²) in [4.78, 5) is 31.4. The molecule has 1 aliphatic rings. The van der Waals surface area contributed by atoms with Crippen molar-refractivity contribution in [3.8, 4) is 16.9 Å². The summed E-state index contributed by atoms with van der Waals surface area (Å²) in [5.41, 5.74) is 5.48. The van der Waals surface area contributed by atoms with Crippen molar-refractivity contribution in [2.24, 2.45) is 0 Å². The van der Waals surface area contributed by atoms with Crippen LogP contribution < -0.4 is 10.1 Å². The van der Waals surface area contributed by atoms with Gasteiger partial charge in [-0.3, -0.25) is 10.1 Å². The number of aromatic amines is 1. The molecule has 0 bridgehead atoms. The summed E-state index contributed by atoms with van der Waals surface area (Å²) in [5.74, 6) is -0.0717. The van der Waals surface area contributed by atoms with Gasteiger partial charge in [0.05, 0.1) is 7.11 Å². The molecule has 0 radical (unpaired) electrons. The molecule has 0 spiro atoms. The Morgan fingerprint density at radius 2 is 1.70 bits per heavy atom. The maximum absolute atomic E-state index is 14.6. The Kier molecular flexibility index (Phi) is 7.13. The van der Waals surface area contributed by atoms with E-state index in [1.165, 1.54) is 12.1 Å². The molecule has 6 rings (SSSR count). The summed E-state index contributed by atoms with van der Waals surface area (Å²) in [6, 6.07) is 26.8. The number of amides is 2. The predicted octanol–water partition coefficient (Wildman–Crippen LogP) is 8.08. The number of rotatable bonds is 6. The Morgan fingerprint density at radius 3 is 2.42 bits per heavy atom. The molecule has 4 aromatic carbocycles. The van der Waals surface area contributed by atoms with Gasteiger partial charge in [-0.2, -0.15) is 0 Å². The molecule has 2 heterocycles. The number of aromatic nitrogens is 1. The summed E-state index contributed by atoms with van der Waals surface area (Å²) in [7, 11) is 1.54. The average molecular weight is 578 g/mol. The molecule has 1 aliphatic heterocycles. The molecule has 0 saturated heterocycles. The van der Waals surface area contributed by atoms with Crippen LogP contribution in [-0.4, -0.2) is 34.6 Å². The highest BCUT2D eigenvalue weighted by Gasteiger charge is 2.37. The highest BCUT2D eigenvalue weighted by molar-refractivity contribution is 6.00. The average Bonchev–Trinajstić information content (AvgIpc) is 3.53. The third-order valence-corrected chi connectivity index (χ3v) is 7.45. The van der Waals surface area contributed by atoms with Gasteiger partial charge in [0.25, 0.3) is 5.91 Å². The van der Waals surface area contributed by atoms with E-state index in [-0.39, 0.29) is 5.91 Å². The van der Waals surface area contributed by atoms with Crippen molar-refractivity contribution in [1.29, 1.82) is 0 Å². The molecule has 0 aliphatic carbocycles. The first kappa shape index (κ1) is 28.0. The van der Waals surface area contributed by atoms with Gasteiger partial charge in [-0.15, -0.1) is 0 Å². The van der Waals surface area contributed by atoms with Crippen LogP contribution in [0.2, 0.25) is 0 Å². The van der Waals surface area contributed by atoms with E-state index in [2.05, 4.69) is 10.3 Å². The number of benzene rings is 4. The lowest BCUT2D eigenvalue weighted by Crippen LogP contribution is -2.30. The van der Waals surface area contributed by atoms with Crippen LogP contribution in [0.1, 0.15) is 54.0 Å². The molecule has 1 aromatic heterocycles. The number of nitrogens with zero attached hydrogens (tertiary/aromatic N) is 1. The molecule has 2 amide bonds. The summed E-state index contributed by atoms with van der Waals surface area (Å²) in [6.45, 7) is 5.78. The second-order valence-electron chi connectivity index (χ2n) is 11.6. The normalized spacial score (nSPS) is 13.6. The number of halogens is 1. The highest BCUT2D eigenvalue weighted by Crippen LogP contribution is 2.41. The smallest absolute Gasteiger partial charge is 0.412 e. The number of nitrogens with one attached hydrogen (secondary N) is 2. The van der Waals surface area contributed by atoms with E-state index >= 15 is 0 Å². The number of hydrogen-bond donors (Lipinski definition) is 2. The molecular formula is C35H32FN3O4. The third-order valence-electron chi connectivity index (χ3n) is 7.45. The molecule has 43 heavy (non-hydrogen) atoms. The Bertz CT molecular complexity index is 1810. The molecule has 1 atom stereocenters. The van der Waals surface area contributed by atoms with E-state index in [1.807, 2.05) is 81.4 Å². The van der Waals surface area contributed by atoms with Crippen LogP contribution in [0.15, 0.2) is 91.0 Å². The van der Waals surface area contributed by atoms with E-state index in [0.717, 1.165) is 33.3 Å². The van der Waals surface area contributed by atoms with Gasteiger partial charge >= 0.3 is 6.09 Å². The quantitative estimate of drug-likeness (QED) is 0.214. The Labute approximate surface area is 249 Å². The van der Waals surface area contributed by atoms with Crippen LogP contribution in [0.25, 0.3) is 22.0 Å². The predicted molar refractivity (Wildman–Crippen MR) is 165 cm³/mol. The van der Waals surface area contributed by atoms with Crippen LogP contribution in [0.5, 0.6) is 5.75 Å². The monoisotopic (exact) mass is 577 g/mol. The van der Waals surface area contributed by atoms with Crippen molar-refractivity contribution in [3.05, 3.63) is 119 Å². The van der Waals surface area contributed by atoms with Crippen LogP contribution >= 0.6 is 0 Å². The number of carbonyl (C=O) groups is 2. The summed E-state index contributed by atoms with van der Waals surface area (Å²) >= 11 is 0. The van der Waals surface area contributed by atoms with Crippen molar-refractivity contribution in [2.45, 2.75) is 39.0 Å². The minimum Gasteiger partial charge on any atom is -0.496 e. The maximum atomic E-state index is 14.6. The number of methoxy groups -OCH3 is 1. The van der Waals surface area contributed by atoms with Crippen molar-refractivity contribution in [1.82, 2.24) is 9.88 Å². The second-order valence-corrected chi connectivity index (χ2v) is 11.6. The SMILES string of the molecule is COc1ccc(F)cc1C(c1cc2ccccc2[nH]1)N1Cc2ccc(-c3ccc(NC(=O)OC(C)(C)C)cc3)cc2C1=O. The first-order chi connectivity index (χ1) is 20.6. The van der Waals surface area contributed by atoms with Gasteiger partial charge in [0.1, 0.15) is 23.2 Å². The van der Waals surface area contributed by atoms with Crippen molar-refractivity contribution in [3.63, 3.8) is 0 Å². The lowest BCUT2D eigenvalue weighted by Gasteiger charge is -2.29. The molecule has 2 N–H and O–H groups in total. The summed E-state index contributed by atoms with van der Waals surface area (Å²) in [6.07, 6.45) is -0.525. The first-order valence-electron chi connectivity index (χ1n) is 14.0. The van der Waals surface area contributed by atoms with Gasteiger partial charge in [-0.25, -0.2) is 9.18 Å². The van der Waals surface area contributed by atoms with Gasteiger partial charge in [0, 0.05) is 34.6 Å². The summed E-state index contributed by atoms with van der Waals surface area (Å²) in [5, 5.41) is 3.73. The van der Waals surface area contributed by atoms with E-state index in [1.54, 1.807) is 30.2 Å². The molecule has 7 nitrogen and oxygen atoms in total. The maximum Gasteiger partial charge on any atom is 0.412 e. The van der Waals surface area contributed by atoms with Gasteiger partial charge in [-0.05, 0) is 91.4 Å². The zero-order valence-corrected chi connectivity index (χ0v) is 24.4. The van der Waals surface area contributed by atoms with Gasteiger partial charge in [0.2, 0.25) is 0 Å². The molecule has 218 valence electrons. The third kappa shape index (κ3) is 5.68. The largest absolute Gasteiger partial charge is 0.496 e. The minimum atomic E-state index is -0.611. The van der Waals surface area contributed by atoms with Gasteiger partial charge < -0.3 is 19.4 Å². The molecule has 8 heteroatoms. The number of fused-ring (bicyclic) bond motifs is 2. The second kappa shape index (κ2) is 10.9. The van der Waals surface area contributed by atoms with Gasteiger partial charge in [-0.1, -0.05) is 42.5 Å². The molecule has 0 fully saturated rings. The Morgan fingerprint density at radius 1 is 0.953 bits per heavy atom. The number of hydrogen-bond acceptors (Lipinski definition) is 4. The van der Waals surface area contributed by atoms with Crippen molar-refractivity contribution >= 4 is 28.6 Å². The Balaban J connectivity index is 1.32. The lowest BCUT2D eigenvalue weighted by molar-refractivity contribution is 0.0635. The van der Waals surface area contributed by atoms with E-state index in [4.69, 9.17) is 9.47 Å². The van der Waals surface area contributed by atoms with Crippen molar-refractivity contribution in [2.75, 3.05) is 12.4 Å². The number of ether oxygens (including phenoxy) is 2. The number of para-hydroxylation sites is 1. The summed E-state index contributed by atoms with van der Waals surface area (Å²) < 4.78 is 25.6. The van der Waals surface area contributed by atoms with Crippen LogP contribution in [0.4, 0.5) is 14.9 Å². The zero-order valence-electron chi connectivity index (χ0n) is 24.4. The van der Waals surface area contributed by atoms with Gasteiger partial charge in [0.15, 0.2) is 0 Å². The van der Waals surface area contributed by atoms with E-state index in [0.29, 0.717) is 29.1 Å². The fourth-order valence-electron chi connectivity index (χ4n) is 5.54. The number of H-pyrrole nitrogens is 1. The molecule has 5 aromatic rings. The fraction of sp³-hybridized carbons (Fsp3) is 0.200. The molecule has 0 saturated carbocycles. The molecular weight excluding hydrogens is 545 g/mol. The van der Waals surface area contributed by atoms with Crippen LogP contribution in [0, 0.1) is 5.82 Å². The van der Waals surface area contributed by atoms with Crippen molar-refractivity contribution < 1.29 is 23.5 Å². The number of anilines is 1. The Hall–Kier alpha value is -5.11. The first-order valence-corrected chi connectivity index (χ1v) is 14.0. The highest BCUT2D eigenvalue weighted by atomic mass is 19.1. The van der Waals surface area contributed by atoms with E-state index in [9.17, 15) is 14.0 Å². The number of carbonyl (C=O) groups excluding carboxylic acids is 2. The van der Waals surface area contributed by atoms with E-state index < -0.39 is 23.6 Å². The topological polar surface area (TPSA) is 83.7 Å². The molecule has 1 unspecified atom stereocenters. The minimum absolute atomic E-state index is 0.157. The fourth-order valence-corrected chi connectivity index (χ4v) is 5.54. The standard InChI is InChI=1S/C35H32FN3O4/c1-35(2,3)43-34(41)37-26-14-11-21(12-15-26)22-9-10-24-20-39(33(40)27(24)17-22)32(28-19-25(36)13-16-31(28)42-4)30-18-23-7-5-6-8-29(23)38-30/h5-19,32,38H,20H2,1-4H3,(H,37,41). The van der Waals surface area contributed by atoms with Crippen LogP contribution in [-0.2, 0) is 11.3 Å².